The van der Waals surface area contributed by atoms with Crippen LogP contribution in [-0.4, -0.2) is 21.6 Å². The number of nitrogens with one attached hydrogen (secondary N) is 2. The highest BCUT2D eigenvalue weighted by molar-refractivity contribution is 5.74. The van der Waals surface area contributed by atoms with Gasteiger partial charge >= 0.3 is 6.03 Å². The van der Waals surface area contributed by atoms with Crippen LogP contribution in [0.4, 0.5) is 4.79 Å². The quantitative estimate of drug-likeness (QED) is 0.838. The van der Waals surface area contributed by atoms with Crippen molar-refractivity contribution in [2.45, 2.75) is 52.2 Å². The predicted octanol–water partition coefficient (Wildman–Crippen LogP) is 1.89. The summed E-state index contributed by atoms with van der Waals surface area (Å²) in [6.07, 6.45) is 7.08. The van der Waals surface area contributed by atoms with Gasteiger partial charge in [-0.2, -0.15) is 0 Å². The number of carbonyl (C=O) groups excluding carboxylic acids is 1. The van der Waals surface area contributed by atoms with Crippen LogP contribution in [0.15, 0.2) is 12.5 Å². The van der Waals surface area contributed by atoms with E-state index in [0.717, 1.165) is 25.1 Å². The van der Waals surface area contributed by atoms with E-state index in [1.165, 1.54) is 6.42 Å². The molecule has 0 aliphatic heterocycles. The van der Waals surface area contributed by atoms with Gasteiger partial charge in [0.1, 0.15) is 0 Å². The Morgan fingerprint density at radius 1 is 1.56 bits per heavy atom. The van der Waals surface area contributed by atoms with E-state index in [1.807, 2.05) is 12.5 Å². The second kappa shape index (κ2) is 5.89. The van der Waals surface area contributed by atoms with Crippen molar-refractivity contribution in [3.63, 3.8) is 0 Å². The lowest BCUT2D eigenvalue weighted by molar-refractivity contribution is 0.228. The number of imidazole rings is 1. The van der Waals surface area contributed by atoms with Gasteiger partial charge in [0.25, 0.3) is 0 Å². The van der Waals surface area contributed by atoms with Crippen LogP contribution in [-0.2, 0) is 13.1 Å². The van der Waals surface area contributed by atoms with Gasteiger partial charge in [0.15, 0.2) is 0 Å². The molecule has 1 aromatic heterocycles. The van der Waals surface area contributed by atoms with Crippen molar-refractivity contribution in [2.24, 2.45) is 5.92 Å². The second-order valence-corrected chi connectivity index (χ2v) is 5.39. The highest BCUT2D eigenvalue weighted by Gasteiger charge is 2.19. The van der Waals surface area contributed by atoms with Crippen molar-refractivity contribution >= 4 is 6.03 Å². The van der Waals surface area contributed by atoms with Gasteiger partial charge in [-0.3, -0.25) is 0 Å². The molecule has 18 heavy (non-hydrogen) atoms. The Labute approximate surface area is 108 Å². The van der Waals surface area contributed by atoms with Gasteiger partial charge in [0.05, 0.1) is 18.6 Å². The van der Waals surface area contributed by atoms with Crippen LogP contribution < -0.4 is 10.6 Å². The summed E-state index contributed by atoms with van der Waals surface area (Å²) < 4.78 is 2.09. The molecule has 1 fully saturated rings. The van der Waals surface area contributed by atoms with Crippen LogP contribution in [0.3, 0.4) is 0 Å². The summed E-state index contributed by atoms with van der Waals surface area (Å²) >= 11 is 0. The number of aromatic nitrogens is 2. The molecule has 2 amide bonds. The second-order valence-electron chi connectivity index (χ2n) is 5.39. The maximum Gasteiger partial charge on any atom is 0.315 e. The van der Waals surface area contributed by atoms with Gasteiger partial charge in [-0.15, -0.1) is 0 Å². The Bertz CT molecular complexity index is 395. The van der Waals surface area contributed by atoms with Crippen LogP contribution in [0, 0.1) is 5.92 Å². The molecule has 1 aliphatic carbocycles. The molecule has 1 aliphatic rings. The van der Waals surface area contributed by atoms with E-state index >= 15 is 0 Å². The third-order valence-electron chi connectivity index (χ3n) is 3.23. The van der Waals surface area contributed by atoms with E-state index in [9.17, 15) is 4.79 Å². The fourth-order valence-corrected chi connectivity index (χ4v) is 2.01. The Hall–Kier alpha value is -1.52. The first-order chi connectivity index (χ1) is 8.65. The summed E-state index contributed by atoms with van der Waals surface area (Å²) in [7, 11) is 0. The number of rotatable bonds is 5. The Balaban J connectivity index is 1.78. The Morgan fingerprint density at radius 3 is 2.94 bits per heavy atom. The molecule has 0 atom stereocenters. The molecular weight excluding hydrogens is 228 g/mol. The fraction of sp³-hybridized carbons (Fsp3) is 0.692. The predicted molar refractivity (Wildman–Crippen MR) is 70.1 cm³/mol. The molecule has 0 saturated heterocycles. The van der Waals surface area contributed by atoms with Gasteiger partial charge in [-0.1, -0.05) is 13.8 Å². The summed E-state index contributed by atoms with van der Waals surface area (Å²) in [5.41, 5.74) is 1.05. The van der Waals surface area contributed by atoms with Crippen LogP contribution in [0.25, 0.3) is 0 Å². The third kappa shape index (κ3) is 3.48. The standard InChI is InChI=1S/C13H22N4O/c1-10(2)8-17-9-14-6-12(17)7-15-13(18)16-11-4-3-5-11/h6,9-11H,3-5,7-8H2,1-2H3,(H2,15,16,18). The van der Waals surface area contributed by atoms with E-state index in [0.29, 0.717) is 18.5 Å². The molecule has 2 N–H and O–H groups in total. The summed E-state index contributed by atoms with van der Waals surface area (Å²) in [6, 6.07) is 0.308. The fourth-order valence-electron chi connectivity index (χ4n) is 2.01. The molecule has 1 aromatic rings. The van der Waals surface area contributed by atoms with Crippen molar-refractivity contribution < 1.29 is 4.79 Å². The van der Waals surface area contributed by atoms with Crippen molar-refractivity contribution in [1.29, 1.82) is 0 Å². The summed E-state index contributed by atoms with van der Waals surface area (Å²) in [5.74, 6) is 0.571. The highest BCUT2D eigenvalue weighted by Crippen LogP contribution is 2.17. The first-order valence-corrected chi connectivity index (χ1v) is 6.68. The average Bonchev–Trinajstić information content (AvgIpc) is 2.67. The number of amides is 2. The van der Waals surface area contributed by atoms with Crippen LogP contribution in [0.1, 0.15) is 38.8 Å². The van der Waals surface area contributed by atoms with E-state index in [-0.39, 0.29) is 6.03 Å². The summed E-state index contributed by atoms with van der Waals surface area (Å²) in [4.78, 5) is 15.8. The molecular formula is C13H22N4O. The van der Waals surface area contributed by atoms with E-state index in [2.05, 4.69) is 34.0 Å². The van der Waals surface area contributed by atoms with Crippen molar-refractivity contribution in [3.8, 4) is 0 Å². The lowest BCUT2D eigenvalue weighted by Gasteiger charge is -2.26. The molecule has 5 nitrogen and oxygen atoms in total. The lowest BCUT2D eigenvalue weighted by atomic mass is 9.93. The first-order valence-electron chi connectivity index (χ1n) is 6.68. The number of urea groups is 1. The molecule has 1 saturated carbocycles. The topological polar surface area (TPSA) is 59.0 Å². The van der Waals surface area contributed by atoms with Gasteiger partial charge in [0, 0.05) is 18.8 Å². The van der Waals surface area contributed by atoms with E-state index < -0.39 is 0 Å². The zero-order valence-corrected chi connectivity index (χ0v) is 11.1. The van der Waals surface area contributed by atoms with Crippen LogP contribution >= 0.6 is 0 Å². The largest absolute Gasteiger partial charge is 0.335 e. The molecule has 100 valence electrons. The van der Waals surface area contributed by atoms with Gasteiger partial charge in [-0.25, -0.2) is 9.78 Å². The SMILES string of the molecule is CC(C)Cn1cncc1CNC(=O)NC1CCC1. The molecule has 0 aromatic carbocycles. The average molecular weight is 250 g/mol. The molecule has 5 heteroatoms. The minimum atomic E-state index is -0.0722. The summed E-state index contributed by atoms with van der Waals surface area (Å²) in [6.45, 7) is 5.80. The van der Waals surface area contributed by atoms with Crippen molar-refractivity contribution in [1.82, 2.24) is 20.2 Å². The summed E-state index contributed by atoms with van der Waals surface area (Å²) in [5, 5.41) is 5.85. The van der Waals surface area contributed by atoms with Crippen molar-refractivity contribution in [2.75, 3.05) is 0 Å². The Kier molecular flexibility index (Phi) is 4.23. The molecule has 0 radical (unpaired) electrons. The third-order valence-corrected chi connectivity index (χ3v) is 3.23. The minimum absolute atomic E-state index is 0.0722. The lowest BCUT2D eigenvalue weighted by Crippen LogP contribution is -2.45. The highest BCUT2D eigenvalue weighted by atomic mass is 16.2. The number of carbonyl (C=O) groups is 1. The van der Waals surface area contributed by atoms with E-state index in [4.69, 9.17) is 0 Å². The molecule has 2 rings (SSSR count). The smallest absolute Gasteiger partial charge is 0.315 e. The maximum absolute atomic E-state index is 11.6. The molecule has 0 unspecified atom stereocenters. The Morgan fingerprint density at radius 2 is 2.33 bits per heavy atom. The van der Waals surface area contributed by atoms with Gasteiger partial charge in [0.2, 0.25) is 0 Å². The molecule has 1 heterocycles. The number of nitrogens with zero attached hydrogens (tertiary/aromatic N) is 2. The van der Waals surface area contributed by atoms with E-state index in [1.54, 1.807) is 0 Å². The number of hydrogen-bond acceptors (Lipinski definition) is 2. The number of hydrogen-bond donors (Lipinski definition) is 2. The van der Waals surface area contributed by atoms with Gasteiger partial charge < -0.3 is 15.2 Å². The maximum atomic E-state index is 11.6. The zero-order valence-electron chi connectivity index (χ0n) is 11.1. The zero-order chi connectivity index (χ0) is 13.0. The molecule has 0 bridgehead atoms. The first kappa shape index (κ1) is 12.9. The molecule has 0 spiro atoms. The van der Waals surface area contributed by atoms with Gasteiger partial charge in [-0.05, 0) is 25.2 Å². The normalized spacial score (nSPS) is 15.5. The van der Waals surface area contributed by atoms with Crippen LogP contribution in [0.2, 0.25) is 0 Å². The minimum Gasteiger partial charge on any atom is -0.335 e. The monoisotopic (exact) mass is 250 g/mol. The van der Waals surface area contributed by atoms with Crippen molar-refractivity contribution in [3.05, 3.63) is 18.2 Å². The van der Waals surface area contributed by atoms with Crippen LogP contribution in [0.5, 0.6) is 0 Å².